The van der Waals surface area contributed by atoms with Crippen molar-refractivity contribution < 1.29 is 14.3 Å². The van der Waals surface area contributed by atoms with Gasteiger partial charge >= 0.3 is 0 Å². The lowest BCUT2D eigenvalue weighted by molar-refractivity contribution is -0.114. The average molecular weight is 291 g/mol. The van der Waals surface area contributed by atoms with Gasteiger partial charge in [-0.25, -0.2) is 0 Å². The minimum Gasteiger partial charge on any atom is -0.462 e. The van der Waals surface area contributed by atoms with Crippen molar-refractivity contribution in [2.75, 3.05) is 24.8 Å². The van der Waals surface area contributed by atoms with E-state index in [1.807, 2.05) is 6.08 Å². The summed E-state index contributed by atoms with van der Waals surface area (Å²) in [5, 5.41) is 5.75. The molecular weight excluding hydrogens is 270 g/mol. The van der Waals surface area contributed by atoms with Gasteiger partial charge in [-0.1, -0.05) is 6.08 Å². The third kappa shape index (κ3) is 5.66. The molecule has 0 bridgehead atoms. The van der Waals surface area contributed by atoms with Crippen molar-refractivity contribution in [3.63, 3.8) is 0 Å². The molecule has 114 valence electrons. The van der Waals surface area contributed by atoms with Crippen LogP contribution in [0.15, 0.2) is 35.5 Å². The molecule has 6 nitrogen and oxygen atoms in total. The molecule has 0 aromatic heterocycles. The molecular formula is C15H21N3O3. The topological polar surface area (TPSA) is 72.0 Å². The summed E-state index contributed by atoms with van der Waals surface area (Å²) in [5.74, 6) is 0.515. The molecule has 21 heavy (non-hydrogen) atoms. The molecule has 0 radical (unpaired) electrons. The second-order valence-corrected chi connectivity index (χ2v) is 4.23. The summed E-state index contributed by atoms with van der Waals surface area (Å²) in [4.78, 5) is 14.7. The predicted molar refractivity (Wildman–Crippen MR) is 85.0 cm³/mol. The molecule has 1 rings (SSSR count). The highest BCUT2D eigenvalue weighted by Crippen LogP contribution is 2.29. The molecule has 0 heterocycles. The quantitative estimate of drug-likeness (QED) is 0.570. The zero-order chi connectivity index (χ0) is 15.7. The second-order valence-electron chi connectivity index (χ2n) is 4.23. The van der Waals surface area contributed by atoms with E-state index < -0.39 is 6.29 Å². The maximum absolute atomic E-state index is 11.1. The second kappa shape index (κ2) is 8.76. The number of carbonyl (C=O) groups excluding carboxylic acids is 1. The summed E-state index contributed by atoms with van der Waals surface area (Å²) in [7, 11) is 3.35. The maximum atomic E-state index is 11.1. The molecule has 0 saturated heterocycles. The first-order chi connectivity index (χ1) is 10.1. The van der Waals surface area contributed by atoms with E-state index in [0.29, 0.717) is 17.9 Å². The summed E-state index contributed by atoms with van der Waals surface area (Å²) in [6.45, 7) is 4.83. The Bertz CT molecular complexity index is 515. The fourth-order valence-corrected chi connectivity index (χ4v) is 1.69. The Kier molecular flexibility index (Phi) is 6.97. The zero-order valence-corrected chi connectivity index (χ0v) is 12.6. The summed E-state index contributed by atoms with van der Waals surface area (Å²) in [6.07, 6.45) is 3.52. The highest BCUT2D eigenvalue weighted by atomic mass is 16.7. The lowest BCUT2D eigenvalue weighted by Gasteiger charge is -2.19. The van der Waals surface area contributed by atoms with Crippen molar-refractivity contribution in [1.29, 1.82) is 0 Å². The highest BCUT2D eigenvalue weighted by molar-refractivity contribution is 5.89. The number of hydrogen-bond acceptors (Lipinski definition) is 5. The van der Waals surface area contributed by atoms with Crippen LogP contribution in [0.2, 0.25) is 0 Å². The Labute approximate surface area is 124 Å². The number of hydrogen-bond donors (Lipinski definition) is 2. The van der Waals surface area contributed by atoms with Crippen molar-refractivity contribution in [3.8, 4) is 5.75 Å². The number of benzene rings is 1. The number of nitrogens with zero attached hydrogens (tertiary/aromatic N) is 1. The van der Waals surface area contributed by atoms with Gasteiger partial charge in [0.1, 0.15) is 5.75 Å². The lowest BCUT2D eigenvalue weighted by atomic mass is 10.2. The first kappa shape index (κ1) is 16.7. The molecule has 0 fully saturated rings. The van der Waals surface area contributed by atoms with Gasteiger partial charge in [-0.2, -0.15) is 0 Å². The van der Waals surface area contributed by atoms with E-state index in [1.54, 1.807) is 38.6 Å². The molecule has 1 atom stereocenters. The molecule has 1 aromatic rings. The molecule has 0 aliphatic carbocycles. The van der Waals surface area contributed by atoms with Gasteiger partial charge in [-0.15, -0.1) is 0 Å². The Balaban J connectivity index is 2.83. The van der Waals surface area contributed by atoms with Crippen LogP contribution >= 0.6 is 0 Å². The minimum absolute atomic E-state index is 0.123. The van der Waals surface area contributed by atoms with E-state index in [-0.39, 0.29) is 5.91 Å². The SMILES string of the molecule is C=N/C=C\CC(OC)Oc1ccc(NC(C)=O)cc1NC. The van der Waals surface area contributed by atoms with Crippen LogP contribution in [0.3, 0.4) is 0 Å². The van der Waals surface area contributed by atoms with Gasteiger partial charge in [0, 0.05) is 39.4 Å². The lowest BCUT2D eigenvalue weighted by Crippen LogP contribution is -2.18. The van der Waals surface area contributed by atoms with Crippen LogP contribution in [0.1, 0.15) is 13.3 Å². The standard InChI is InChI=1S/C15H21N3O3/c1-11(19)18-12-7-8-14(13(10-12)17-3)21-15(20-4)6-5-9-16-2/h5,7-10,15,17H,2,6H2,1,3-4H3,(H,18,19)/b9-5-. The number of ether oxygens (including phenoxy) is 2. The Morgan fingerprint density at radius 3 is 2.86 bits per heavy atom. The molecule has 0 saturated carbocycles. The van der Waals surface area contributed by atoms with Gasteiger partial charge in [-0.05, 0) is 24.9 Å². The number of methoxy groups -OCH3 is 1. The van der Waals surface area contributed by atoms with E-state index >= 15 is 0 Å². The number of carbonyl (C=O) groups is 1. The van der Waals surface area contributed by atoms with Gasteiger partial charge < -0.3 is 20.1 Å². The average Bonchev–Trinajstić information content (AvgIpc) is 2.47. The molecule has 6 heteroatoms. The van der Waals surface area contributed by atoms with Crippen molar-refractivity contribution in [2.45, 2.75) is 19.6 Å². The monoisotopic (exact) mass is 291 g/mol. The van der Waals surface area contributed by atoms with Crippen molar-refractivity contribution >= 4 is 24.0 Å². The smallest absolute Gasteiger partial charge is 0.221 e. The molecule has 2 N–H and O–H groups in total. The number of aliphatic imine (C=N–C) groups is 1. The molecule has 0 aliphatic rings. The normalized spacial score (nSPS) is 12.0. The van der Waals surface area contributed by atoms with Crippen LogP contribution in [-0.4, -0.2) is 33.1 Å². The molecule has 1 aromatic carbocycles. The Morgan fingerprint density at radius 2 is 2.29 bits per heavy atom. The highest BCUT2D eigenvalue weighted by Gasteiger charge is 2.11. The predicted octanol–water partition coefficient (Wildman–Crippen LogP) is 2.64. The fourth-order valence-electron chi connectivity index (χ4n) is 1.69. The third-order valence-corrected chi connectivity index (χ3v) is 2.63. The van der Waals surface area contributed by atoms with Gasteiger partial charge in [0.15, 0.2) is 0 Å². The van der Waals surface area contributed by atoms with E-state index in [0.717, 1.165) is 5.69 Å². The minimum atomic E-state index is -0.429. The fraction of sp³-hybridized carbons (Fsp3) is 0.333. The van der Waals surface area contributed by atoms with Crippen LogP contribution in [0.25, 0.3) is 0 Å². The summed E-state index contributed by atoms with van der Waals surface area (Å²) < 4.78 is 11.0. The third-order valence-electron chi connectivity index (χ3n) is 2.63. The van der Waals surface area contributed by atoms with Crippen molar-refractivity contribution in [2.24, 2.45) is 4.99 Å². The molecule has 1 amide bonds. The van der Waals surface area contributed by atoms with E-state index in [2.05, 4.69) is 22.3 Å². The molecule has 0 aliphatic heterocycles. The summed E-state index contributed by atoms with van der Waals surface area (Å²) >= 11 is 0. The van der Waals surface area contributed by atoms with Crippen LogP contribution in [0.5, 0.6) is 5.75 Å². The van der Waals surface area contributed by atoms with Crippen molar-refractivity contribution in [3.05, 3.63) is 30.5 Å². The maximum Gasteiger partial charge on any atom is 0.221 e. The van der Waals surface area contributed by atoms with Crippen LogP contribution in [-0.2, 0) is 9.53 Å². The number of amides is 1. The Hall–Kier alpha value is -2.34. The zero-order valence-electron chi connectivity index (χ0n) is 12.6. The van der Waals surface area contributed by atoms with Crippen molar-refractivity contribution in [1.82, 2.24) is 0 Å². The Morgan fingerprint density at radius 1 is 1.52 bits per heavy atom. The largest absolute Gasteiger partial charge is 0.462 e. The molecule has 1 unspecified atom stereocenters. The number of rotatable bonds is 8. The van der Waals surface area contributed by atoms with Gasteiger partial charge in [0.25, 0.3) is 0 Å². The summed E-state index contributed by atoms with van der Waals surface area (Å²) in [5.41, 5.74) is 1.46. The van der Waals surface area contributed by atoms with E-state index in [4.69, 9.17) is 9.47 Å². The van der Waals surface area contributed by atoms with Crippen LogP contribution in [0, 0.1) is 0 Å². The summed E-state index contributed by atoms with van der Waals surface area (Å²) in [6, 6.07) is 5.34. The number of nitrogens with one attached hydrogen (secondary N) is 2. The first-order valence-corrected chi connectivity index (χ1v) is 6.50. The van der Waals surface area contributed by atoms with Crippen LogP contribution in [0.4, 0.5) is 11.4 Å². The van der Waals surface area contributed by atoms with Gasteiger partial charge in [0.2, 0.25) is 12.2 Å². The molecule has 0 spiro atoms. The first-order valence-electron chi connectivity index (χ1n) is 6.50. The van der Waals surface area contributed by atoms with Gasteiger partial charge in [-0.3, -0.25) is 9.79 Å². The van der Waals surface area contributed by atoms with Crippen LogP contribution < -0.4 is 15.4 Å². The van der Waals surface area contributed by atoms with E-state index in [9.17, 15) is 4.79 Å². The number of anilines is 2. The van der Waals surface area contributed by atoms with Gasteiger partial charge in [0.05, 0.1) is 5.69 Å². The van der Waals surface area contributed by atoms with E-state index in [1.165, 1.54) is 6.92 Å².